The molecule has 0 unspecified atom stereocenters. The highest BCUT2D eigenvalue weighted by molar-refractivity contribution is 9.12. The average molecular weight is 311 g/mol. The van der Waals surface area contributed by atoms with Crippen molar-refractivity contribution in [3.05, 3.63) is 39.4 Å². The Kier molecular flexibility index (Phi) is 3.63. The van der Waals surface area contributed by atoms with Gasteiger partial charge in [0, 0.05) is 18.2 Å². The van der Waals surface area contributed by atoms with E-state index in [1.54, 1.807) is 6.07 Å². The van der Waals surface area contributed by atoms with Gasteiger partial charge in [0.2, 0.25) is 5.78 Å². The number of aromatic hydroxyl groups is 1. The summed E-state index contributed by atoms with van der Waals surface area (Å²) in [6, 6.07) is 3.01. The Balaban J connectivity index is 2.59. The van der Waals surface area contributed by atoms with Gasteiger partial charge in [0.1, 0.15) is 5.75 Å². The molecule has 0 fully saturated rings. The SMILES string of the molecule is CCOCc1ccc(O)c2c1C(=O)C=C(Br)C2=O. The third kappa shape index (κ3) is 2.11. The number of ketones is 2. The van der Waals surface area contributed by atoms with Gasteiger partial charge in [-0.2, -0.15) is 0 Å². The predicted molar refractivity (Wildman–Crippen MR) is 69.1 cm³/mol. The van der Waals surface area contributed by atoms with E-state index in [2.05, 4.69) is 15.9 Å². The van der Waals surface area contributed by atoms with Crippen LogP contribution in [0.2, 0.25) is 0 Å². The fraction of sp³-hybridized carbons (Fsp3) is 0.231. The summed E-state index contributed by atoms with van der Waals surface area (Å²) in [7, 11) is 0. The number of carbonyl (C=O) groups is 2. The standard InChI is InChI=1S/C13H11BrO4/c1-2-18-6-7-3-4-9(15)12-11(7)10(16)5-8(14)13(12)17/h3-5,15H,2,6H2,1H3. The van der Waals surface area contributed by atoms with Crippen LogP contribution in [0.15, 0.2) is 22.7 Å². The first-order chi connectivity index (χ1) is 8.56. The molecule has 1 aromatic carbocycles. The van der Waals surface area contributed by atoms with E-state index in [0.717, 1.165) is 0 Å². The van der Waals surface area contributed by atoms with Gasteiger partial charge in [-0.15, -0.1) is 0 Å². The molecule has 0 saturated carbocycles. The summed E-state index contributed by atoms with van der Waals surface area (Å²) in [5, 5.41) is 9.75. The quantitative estimate of drug-likeness (QED) is 0.932. The van der Waals surface area contributed by atoms with E-state index < -0.39 is 0 Å². The molecule has 2 rings (SSSR count). The molecular weight excluding hydrogens is 300 g/mol. The van der Waals surface area contributed by atoms with Crippen LogP contribution >= 0.6 is 15.9 Å². The molecule has 0 bridgehead atoms. The van der Waals surface area contributed by atoms with Crippen LogP contribution in [0.25, 0.3) is 0 Å². The number of hydrogen-bond acceptors (Lipinski definition) is 4. The average Bonchev–Trinajstić information content (AvgIpc) is 2.34. The molecule has 94 valence electrons. The third-order valence-electron chi connectivity index (χ3n) is 2.68. The second-order valence-electron chi connectivity index (χ2n) is 3.82. The number of halogens is 1. The van der Waals surface area contributed by atoms with Gasteiger partial charge >= 0.3 is 0 Å². The smallest absolute Gasteiger partial charge is 0.204 e. The number of phenolic OH excluding ortho intramolecular Hbond substituents is 1. The lowest BCUT2D eigenvalue weighted by Crippen LogP contribution is -2.17. The zero-order chi connectivity index (χ0) is 13.3. The lowest BCUT2D eigenvalue weighted by molar-refractivity contribution is 0.0981. The van der Waals surface area contributed by atoms with E-state index in [1.165, 1.54) is 12.1 Å². The van der Waals surface area contributed by atoms with E-state index in [1.807, 2.05) is 6.92 Å². The Morgan fingerprint density at radius 2 is 2.00 bits per heavy atom. The van der Waals surface area contributed by atoms with Crippen LogP contribution in [-0.4, -0.2) is 23.3 Å². The first kappa shape index (κ1) is 13.0. The van der Waals surface area contributed by atoms with Crippen molar-refractivity contribution in [2.75, 3.05) is 6.61 Å². The molecule has 0 aliphatic heterocycles. The van der Waals surface area contributed by atoms with Crippen LogP contribution in [0, 0.1) is 0 Å². The van der Waals surface area contributed by atoms with Crippen molar-refractivity contribution in [1.29, 1.82) is 0 Å². The molecule has 0 atom stereocenters. The second-order valence-corrected chi connectivity index (χ2v) is 4.67. The molecule has 1 aliphatic rings. The zero-order valence-electron chi connectivity index (χ0n) is 9.70. The number of carbonyl (C=O) groups excluding carboxylic acids is 2. The number of benzene rings is 1. The minimum Gasteiger partial charge on any atom is -0.507 e. The van der Waals surface area contributed by atoms with Gasteiger partial charge in [0.05, 0.1) is 16.7 Å². The van der Waals surface area contributed by atoms with Crippen molar-refractivity contribution in [3.8, 4) is 5.75 Å². The Morgan fingerprint density at radius 3 is 2.67 bits per heavy atom. The second kappa shape index (κ2) is 5.04. The first-order valence-electron chi connectivity index (χ1n) is 5.45. The highest BCUT2D eigenvalue weighted by Crippen LogP contribution is 2.33. The fourth-order valence-corrected chi connectivity index (χ4v) is 2.26. The Morgan fingerprint density at radius 1 is 1.28 bits per heavy atom. The van der Waals surface area contributed by atoms with E-state index >= 15 is 0 Å². The first-order valence-corrected chi connectivity index (χ1v) is 6.24. The Labute approximate surface area is 112 Å². The summed E-state index contributed by atoms with van der Waals surface area (Å²) < 4.78 is 5.41. The van der Waals surface area contributed by atoms with Gasteiger partial charge in [-0.3, -0.25) is 9.59 Å². The van der Waals surface area contributed by atoms with Gasteiger partial charge < -0.3 is 9.84 Å². The maximum absolute atomic E-state index is 12.0. The minimum atomic E-state index is -0.388. The molecule has 0 spiro atoms. The van der Waals surface area contributed by atoms with Crippen molar-refractivity contribution in [2.45, 2.75) is 13.5 Å². The van der Waals surface area contributed by atoms with Crippen LogP contribution in [0.1, 0.15) is 33.2 Å². The maximum Gasteiger partial charge on any atom is 0.204 e. The van der Waals surface area contributed by atoms with Crippen LogP contribution < -0.4 is 0 Å². The van der Waals surface area contributed by atoms with Crippen LogP contribution in [0.3, 0.4) is 0 Å². The third-order valence-corrected chi connectivity index (χ3v) is 3.27. The van der Waals surface area contributed by atoms with E-state index in [9.17, 15) is 14.7 Å². The molecule has 0 amide bonds. The highest BCUT2D eigenvalue weighted by atomic mass is 79.9. The Hall–Kier alpha value is -1.46. The van der Waals surface area contributed by atoms with Crippen molar-refractivity contribution >= 4 is 27.5 Å². The van der Waals surface area contributed by atoms with Crippen LogP contribution in [0.5, 0.6) is 5.75 Å². The largest absolute Gasteiger partial charge is 0.507 e. The molecule has 4 nitrogen and oxygen atoms in total. The molecule has 1 aromatic rings. The normalized spacial score (nSPS) is 14.4. The number of allylic oxidation sites excluding steroid dienone is 2. The minimum absolute atomic E-state index is 0.0478. The summed E-state index contributed by atoms with van der Waals surface area (Å²) >= 11 is 3.02. The summed E-state index contributed by atoms with van der Waals surface area (Å²) in [5.41, 5.74) is 0.891. The number of hydrogen-bond donors (Lipinski definition) is 1. The molecule has 0 radical (unpaired) electrons. The van der Waals surface area contributed by atoms with Crippen LogP contribution in [0.4, 0.5) is 0 Å². The lowest BCUT2D eigenvalue weighted by Gasteiger charge is -2.17. The van der Waals surface area contributed by atoms with Gasteiger partial charge in [0.25, 0.3) is 0 Å². The molecule has 1 N–H and O–H groups in total. The summed E-state index contributed by atoms with van der Waals surface area (Å²) in [4.78, 5) is 23.9. The van der Waals surface area contributed by atoms with Gasteiger partial charge in [-0.1, -0.05) is 6.07 Å². The highest BCUT2D eigenvalue weighted by Gasteiger charge is 2.29. The van der Waals surface area contributed by atoms with Crippen molar-refractivity contribution in [2.24, 2.45) is 0 Å². The molecular formula is C13H11BrO4. The summed E-state index contributed by atoms with van der Waals surface area (Å²) in [6.45, 7) is 2.59. The zero-order valence-corrected chi connectivity index (χ0v) is 11.3. The van der Waals surface area contributed by atoms with Crippen molar-refractivity contribution in [3.63, 3.8) is 0 Å². The van der Waals surface area contributed by atoms with Gasteiger partial charge in [-0.05, 0) is 34.5 Å². The van der Waals surface area contributed by atoms with E-state index in [0.29, 0.717) is 12.2 Å². The fourth-order valence-electron chi connectivity index (χ4n) is 1.85. The molecule has 18 heavy (non-hydrogen) atoms. The maximum atomic E-state index is 12.0. The molecule has 1 aliphatic carbocycles. The number of phenols is 1. The lowest BCUT2D eigenvalue weighted by atomic mass is 9.90. The number of rotatable bonds is 3. The van der Waals surface area contributed by atoms with E-state index in [-0.39, 0.29) is 39.5 Å². The van der Waals surface area contributed by atoms with Crippen molar-refractivity contribution in [1.82, 2.24) is 0 Å². The molecule has 0 heterocycles. The summed E-state index contributed by atoms with van der Waals surface area (Å²) in [5.74, 6) is -0.879. The molecule has 0 aromatic heterocycles. The number of ether oxygens (including phenoxy) is 1. The molecule has 5 heteroatoms. The number of Topliss-reactive ketones (excluding diaryl/α,β-unsaturated/α-hetero) is 1. The van der Waals surface area contributed by atoms with Crippen LogP contribution in [-0.2, 0) is 11.3 Å². The monoisotopic (exact) mass is 310 g/mol. The predicted octanol–water partition coefficient (Wildman–Crippen LogP) is 2.59. The Bertz CT molecular complexity index is 560. The van der Waals surface area contributed by atoms with Gasteiger partial charge in [-0.25, -0.2) is 0 Å². The van der Waals surface area contributed by atoms with Crippen molar-refractivity contribution < 1.29 is 19.4 Å². The van der Waals surface area contributed by atoms with E-state index in [4.69, 9.17) is 4.74 Å². The van der Waals surface area contributed by atoms with Gasteiger partial charge in [0.15, 0.2) is 5.78 Å². The number of fused-ring (bicyclic) bond motifs is 1. The topological polar surface area (TPSA) is 63.6 Å². The summed E-state index contributed by atoms with van der Waals surface area (Å²) in [6.07, 6.45) is 1.22. The molecule has 0 saturated heterocycles.